The normalized spacial score (nSPS) is 19.5. The van der Waals surface area contributed by atoms with Crippen molar-refractivity contribution in [3.05, 3.63) is 65.7 Å². The molecule has 0 unspecified atom stereocenters. The van der Waals surface area contributed by atoms with Crippen molar-refractivity contribution >= 4 is 39.3 Å². The predicted octanol–water partition coefficient (Wildman–Crippen LogP) is 3.42. The molecule has 0 saturated carbocycles. The van der Waals surface area contributed by atoms with Crippen LogP contribution in [0, 0.1) is 5.82 Å². The summed E-state index contributed by atoms with van der Waals surface area (Å²) < 4.78 is 54.4. The van der Waals surface area contributed by atoms with Gasteiger partial charge in [0, 0.05) is 43.4 Å². The lowest BCUT2D eigenvalue weighted by atomic mass is 10.1. The van der Waals surface area contributed by atoms with E-state index in [-0.39, 0.29) is 36.2 Å². The third kappa shape index (κ3) is 6.28. The van der Waals surface area contributed by atoms with E-state index in [0.717, 1.165) is 0 Å². The largest absolute Gasteiger partial charge is 0.350 e. The molecule has 3 N–H and O–H groups in total. The van der Waals surface area contributed by atoms with Crippen LogP contribution in [0.3, 0.4) is 0 Å². The van der Waals surface area contributed by atoms with Gasteiger partial charge in [0.2, 0.25) is 16.0 Å². The zero-order valence-corrected chi connectivity index (χ0v) is 22.8. The van der Waals surface area contributed by atoms with E-state index < -0.39 is 22.0 Å². The number of benzene rings is 1. The summed E-state index contributed by atoms with van der Waals surface area (Å²) in [5, 5.41) is 6.20. The number of amides is 2. The van der Waals surface area contributed by atoms with Crippen LogP contribution in [0.2, 0.25) is 0 Å². The molecule has 212 valence electrons. The molecule has 2 atom stereocenters. The Kier molecular flexibility index (Phi) is 7.81. The van der Waals surface area contributed by atoms with Crippen molar-refractivity contribution in [2.75, 3.05) is 32.9 Å². The van der Waals surface area contributed by atoms with E-state index in [1.54, 1.807) is 17.2 Å². The van der Waals surface area contributed by atoms with Gasteiger partial charge in [0.1, 0.15) is 23.6 Å². The number of carbonyl (C=O) groups excluding carboxylic acids is 1. The van der Waals surface area contributed by atoms with Crippen molar-refractivity contribution in [1.82, 2.24) is 20.3 Å². The molecule has 2 amide bonds. The van der Waals surface area contributed by atoms with Crippen LogP contribution in [-0.2, 0) is 22.3 Å². The van der Waals surface area contributed by atoms with Crippen LogP contribution < -0.4 is 25.2 Å². The molecule has 0 bridgehead atoms. The molecule has 2 aliphatic heterocycles. The molecule has 4 heterocycles. The average molecular weight is 573 g/mol. The fourth-order valence-corrected chi connectivity index (χ4v) is 5.84. The highest BCUT2D eigenvalue weighted by molar-refractivity contribution is 7.91. The topological polar surface area (TPSA) is 132 Å². The fraction of sp³-hybridized carbons (Fsp3) is 0.385. The molecule has 11 nitrogen and oxygen atoms in total. The van der Waals surface area contributed by atoms with Gasteiger partial charge in [-0.25, -0.2) is 32.0 Å². The fourth-order valence-electron chi connectivity index (χ4n) is 4.70. The minimum atomic E-state index is -3.80. The quantitative estimate of drug-likeness (QED) is 0.374. The minimum Gasteiger partial charge on any atom is -0.350 e. The average Bonchev–Trinajstić information content (AvgIpc) is 2.90. The minimum absolute atomic E-state index is 0.0863. The summed E-state index contributed by atoms with van der Waals surface area (Å²) in [4.78, 5) is 29.8. The lowest BCUT2D eigenvalue weighted by Crippen LogP contribution is -2.51. The van der Waals surface area contributed by atoms with Crippen molar-refractivity contribution in [2.45, 2.75) is 50.8 Å². The maximum absolute atomic E-state index is 13.8. The van der Waals surface area contributed by atoms with Crippen LogP contribution in [0.1, 0.15) is 31.4 Å². The van der Waals surface area contributed by atoms with Crippen LogP contribution in [0.25, 0.3) is 0 Å². The molecule has 40 heavy (non-hydrogen) atoms. The molecule has 2 aromatic heterocycles. The highest BCUT2D eigenvalue weighted by Gasteiger charge is 2.35. The highest BCUT2D eigenvalue weighted by atomic mass is 32.2. The van der Waals surface area contributed by atoms with E-state index in [4.69, 9.17) is 0 Å². The van der Waals surface area contributed by atoms with Gasteiger partial charge in [0.15, 0.2) is 0 Å². The molecule has 1 fully saturated rings. The van der Waals surface area contributed by atoms with Gasteiger partial charge in [-0.1, -0.05) is 12.1 Å². The van der Waals surface area contributed by atoms with E-state index >= 15 is 0 Å². The first-order chi connectivity index (χ1) is 19.1. The van der Waals surface area contributed by atoms with Gasteiger partial charge in [-0.3, -0.25) is 14.5 Å². The van der Waals surface area contributed by atoms with Crippen molar-refractivity contribution < 1.29 is 22.0 Å². The summed E-state index contributed by atoms with van der Waals surface area (Å²) in [5.41, 5.74) is 1.61. The number of hydrogen-bond donors (Lipinski definition) is 3. The van der Waals surface area contributed by atoms with E-state index in [9.17, 15) is 22.0 Å². The van der Waals surface area contributed by atoms with Gasteiger partial charge in [-0.2, -0.15) is 4.98 Å². The lowest BCUT2D eigenvalue weighted by molar-refractivity contribution is 0.248. The number of nitrogens with zero attached hydrogens (tertiary/aromatic N) is 5. The van der Waals surface area contributed by atoms with Gasteiger partial charge in [0.05, 0.1) is 24.2 Å². The number of carbonyl (C=O) groups is 1. The molecule has 0 radical (unpaired) electrons. The summed E-state index contributed by atoms with van der Waals surface area (Å²) in [6, 6.07) is 7.57. The molecule has 1 saturated heterocycles. The number of nitrogens with one attached hydrogen (secondary N) is 3. The maximum Gasteiger partial charge on any atom is 0.330 e. The Morgan fingerprint density at radius 3 is 2.55 bits per heavy atom. The first kappa shape index (κ1) is 27.6. The Labute approximate surface area is 231 Å². The van der Waals surface area contributed by atoms with Crippen LogP contribution in [-0.4, -0.2) is 60.7 Å². The second-order valence-corrected chi connectivity index (χ2v) is 11.8. The molecular formula is C26H30F2N8O3S. The van der Waals surface area contributed by atoms with Crippen molar-refractivity contribution in [3.8, 4) is 0 Å². The first-order valence-electron chi connectivity index (χ1n) is 12.9. The SMILES string of the molecule is CC(C)N1C(=O)N(c2ccc(NS(=O)(=O)Cc3ccc(F)cc3)nc2)Cc2cnc(N[C@@H]3CNC[C@@H](F)C3)nc21. The Morgan fingerprint density at radius 1 is 1.10 bits per heavy atom. The van der Waals surface area contributed by atoms with Crippen LogP contribution in [0.5, 0.6) is 0 Å². The molecule has 0 aliphatic carbocycles. The van der Waals surface area contributed by atoms with Gasteiger partial charge in [-0.15, -0.1) is 0 Å². The van der Waals surface area contributed by atoms with Gasteiger partial charge in [-0.05, 0) is 43.7 Å². The molecule has 1 aromatic carbocycles. The number of alkyl halides is 1. The standard InChI is InChI=1S/C26H30F2N8O3S/c1-16(2)36-24-18(10-31-25(33-24)32-21-9-20(28)11-29-12-21)14-35(26(36)37)22-7-8-23(30-13-22)34-40(38,39)15-17-3-5-19(27)6-4-17/h3-8,10,13,16,20-21,29H,9,11-12,14-15H2,1-2H3,(H,30,34)(H,31,32,33)/t20-,21-/m0/s1. The summed E-state index contributed by atoms with van der Waals surface area (Å²) in [6.07, 6.45) is 2.46. The smallest absolute Gasteiger partial charge is 0.330 e. The number of piperidine rings is 1. The van der Waals surface area contributed by atoms with E-state index in [1.807, 2.05) is 13.8 Å². The third-order valence-electron chi connectivity index (χ3n) is 6.57. The van der Waals surface area contributed by atoms with Crippen molar-refractivity contribution in [1.29, 1.82) is 0 Å². The lowest BCUT2D eigenvalue weighted by Gasteiger charge is -2.38. The number of anilines is 4. The number of rotatable bonds is 8. The summed E-state index contributed by atoms with van der Waals surface area (Å²) in [7, 11) is -3.80. The number of fused-ring (bicyclic) bond motifs is 1. The Bertz CT molecular complexity index is 1470. The zero-order chi connectivity index (χ0) is 28.4. The number of halogens is 2. The number of urea groups is 1. The summed E-state index contributed by atoms with van der Waals surface area (Å²) in [5.74, 6) is 0.0968. The summed E-state index contributed by atoms with van der Waals surface area (Å²) >= 11 is 0. The van der Waals surface area contributed by atoms with E-state index in [1.165, 1.54) is 41.4 Å². The number of hydrogen-bond acceptors (Lipinski definition) is 8. The van der Waals surface area contributed by atoms with Crippen LogP contribution in [0.15, 0.2) is 48.8 Å². The Balaban J connectivity index is 1.31. The second kappa shape index (κ2) is 11.3. The van der Waals surface area contributed by atoms with Crippen molar-refractivity contribution in [2.24, 2.45) is 0 Å². The Morgan fingerprint density at radius 2 is 1.88 bits per heavy atom. The monoisotopic (exact) mass is 572 g/mol. The summed E-state index contributed by atoms with van der Waals surface area (Å²) in [6.45, 7) is 4.85. The number of pyridine rings is 1. The molecule has 14 heteroatoms. The van der Waals surface area contributed by atoms with Crippen molar-refractivity contribution in [3.63, 3.8) is 0 Å². The molecule has 0 spiro atoms. The van der Waals surface area contributed by atoms with Gasteiger partial charge < -0.3 is 10.6 Å². The van der Waals surface area contributed by atoms with E-state index in [2.05, 4.69) is 30.3 Å². The van der Waals surface area contributed by atoms with Gasteiger partial charge >= 0.3 is 6.03 Å². The zero-order valence-electron chi connectivity index (χ0n) is 22.0. The predicted molar refractivity (Wildman–Crippen MR) is 148 cm³/mol. The van der Waals surface area contributed by atoms with E-state index in [0.29, 0.717) is 48.1 Å². The molecule has 3 aromatic rings. The highest BCUT2D eigenvalue weighted by Crippen LogP contribution is 2.32. The number of aromatic nitrogens is 3. The Hall–Kier alpha value is -3.91. The van der Waals surface area contributed by atoms with Crippen LogP contribution in [0.4, 0.5) is 36.8 Å². The molecule has 5 rings (SSSR count). The maximum atomic E-state index is 13.8. The third-order valence-corrected chi connectivity index (χ3v) is 7.80. The first-order valence-corrected chi connectivity index (χ1v) is 14.5. The van der Waals surface area contributed by atoms with Gasteiger partial charge in [0.25, 0.3) is 0 Å². The molecular weight excluding hydrogens is 542 g/mol. The second-order valence-electron chi connectivity index (χ2n) is 10.1. The van der Waals surface area contributed by atoms with Crippen LogP contribution >= 0.6 is 0 Å². The number of sulfonamides is 1. The molecule has 2 aliphatic rings.